The Hall–Kier alpha value is -3.98. The van der Waals surface area contributed by atoms with Crippen LogP contribution in [0.5, 0.6) is 5.75 Å². The van der Waals surface area contributed by atoms with Gasteiger partial charge in [0.1, 0.15) is 16.3 Å². The number of carbonyl (C=O) groups is 2. The summed E-state index contributed by atoms with van der Waals surface area (Å²) >= 11 is 1.18. The Balaban J connectivity index is 1.88. The maximum absolute atomic E-state index is 14.2. The lowest BCUT2D eigenvalue weighted by Gasteiger charge is -2.26. The van der Waals surface area contributed by atoms with Crippen molar-refractivity contribution in [3.8, 4) is 5.75 Å². The average Bonchev–Trinajstić information content (AvgIpc) is 3.40. The zero-order valence-electron chi connectivity index (χ0n) is 21.8. The third-order valence-corrected chi connectivity index (χ3v) is 7.82. The van der Waals surface area contributed by atoms with Gasteiger partial charge in [0.05, 0.1) is 36.2 Å². The fourth-order valence-electron chi connectivity index (χ4n) is 5.17. The maximum atomic E-state index is 14.2. The summed E-state index contributed by atoms with van der Waals surface area (Å²) < 4.78 is 12.9. The van der Waals surface area contributed by atoms with Gasteiger partial charge in [-0.05, 0) is 32.4 Å². The van der Waals surface area contributed by atoms with Crippen LogP contribution in [0.1, 0.15) is 50.8 Å². The highest BCUT2D eigenvalue weighted by Gasteiger charge is 2.38. The van der Waals surface area contributed by atoms with Gasteiger partial charge < -0.3 is 14.4 Å². The van der Waals surface area contributed by atoms with Crippen LogP contribution in [0.2, 0.25) is 0 Å². The number of methoxy groups -OCH3 is 1. The number of allylic oxidation sites excluding steroid dienone is 1. The number of carbonyl (C=O) groups excluding carboxylic acids is 2. The number of amides is 1. The molecule has 2 aromatic carbocycles. The van der Waals surface area contributed by atoms with E-state index in [2.05, 4.69) is 0 Å². The van der Waals surface area contributed by atoms with E-state index in [0.717, 1.165) is 17.7 Å². The molecule has 0 saturated heterocycles. The Morgan fingerprint density at radius 3 is 2.50 bits per heavy atom. The first-order valence-corrected chi connectivity index (χ1v) is 13.6. The molecule has 2 aliphatic heterocycles. The highest BCUT2D eigenvalue weighted by molar-refractivity contribution is 7.07. The van der Waals surface area contributed by atoms with E-state index in [1.807, 2.05) is 56.3 Å². The molecule has 38 heavy (non-hydrogen) atoms. The number of esters is 1. The molecule has 0 saturated carbocycles. The molecule has 1 aromatic heterocycles. The summed E-state index contributed by atoms with van der Waals surface area (Å²) in [6.07, 6.45) is 1.28. The van der Waals surface area contributed by atoms with Crippen LogP contribution in [0.3, 0.4) is 0 Å². The number of aromatic nitrogens is 1. The van der Waals surface area contributed by atoms with Crippen molar-refractivity contribution in [3.05, 3.63) is 90.6 Å². The van der Waals surface area contributed by atoms with Gasteiger partial charge in [-0.3, -0.25) is 14.2 Å². The van der Waals surface area contributed by atoms with Crippen molar-refractivity contribution in [3.63, 3.8) is 0 Å². The van der Waals surface area contributed by atoms with E-state index in [4.69, 9.17) is 14.5 Å². The third-order valence-electron chi connectivity index (χ3n) is 6.77. The minimum absolute atomic E-state index is 0.188. The Morgan fingerprint density at radius 1 is 1.05 bits per heavy atom. The number of anilines is 1. The molecule has 0 unspecified atom stereocenters. The Kier molecular flexibility index (Phi) is 7.03. The van der Waals surface area contributed by atoms with Crippen molar-refractivity contribution in [2.75, 3.05) is 25.2 Å². The minimum atomic E-state index is -0.814. The molecule has 1 amide bonds. The number of hydrogen-bond acceptors (Lipinski definition) is 7. The van der Waals surface area contributed by atoms with E-state index in [1.54, 1.807) is 25.0 Å². The number of ether oxygens (including phenoxy) is 2. The van der Waals surface area contributed by atoms with Gasteiger partial charge in [0, 0.05) is 17.7 Å². The molecule has 3 heterocycles. The number of benzene rings is 2. The topological polar surface area (TPSA) is 90.2 Å². The van der Waals surface area contributed by atoms with Crippen LogP contribution in [0.25, 0.3) is 5.57 Å². The van der Waals surface area contributed by atoms with Crippen LogP contribution < -0.4 is 24.5 Å². The van der Waals surface area contributed by atoms with Crippen LogP contribution in [-0.2, 0) is 14.3 Å². The van der Waals surface area contributed by atoms with E-state index in [0.29, 0.717) is 50.5 Å². The van der Waals surface area contributed by atoms with Crippen molar-refractivity contribution < 1.29 is 19.1 Å². The molecule has 0 spiro atoms. The van der Waals surface area contributed by atoms with Crippen molar-refractivity contribution in [1.82, 2.24) is 4.57 Å². The van der Waals surface area contributed by atoms with Crippen molar-refractivity contribution in [2.45, 2.75) is 39.7 Å². The molecule has 0 aliphatic carbocycles. The summed E-state index contributed by atoms with van der Waals surface area (Å²) in [5.41, 5.74) is 3.02. The van der Waals surface area contributed by atoms with E-state index >= 15 is 0 Å². The van der Waals surface area contributed by atoms with E-state index in [-0.39, 0.29) is 18.1 Å². The Labute approximate surface area is 224 Å². The lowest BCUT2D eigenvalue weighted by Crippen LogP contribution is -2.41. The van der Waals surface area contributed by atoms with Gasteiger partial charge in [-0.25, -0.2) is 9.79 Å². The average molecular weight is 532 g/mol. The molecule has 8 nitrogen and oxygen atoms in total. The van der Waals surface area contributed by atoms with Crippen LogP contribution in [-0.4, -0.2) is 36.7 Å². The predicted octanol–water partition coefficient (Wildman–Crippen LogP) is 3.32. The normalized spacial score (nSPS) is 17.7. The van der Waals surface area contributed by atoms with E-state index < -0.39 is 12.0 Å². The molecule has 0 N–H and O–H groups in total. The van der Waals surface area contributed by atoms with E-state index in [9.17, 15) is 14.4 Å². The largest absolute Gasteiger partial charge is 0.496 e. The van der Waals surface area contributed by atoms with Gasteiger partial charge >= 0.3 is 5.97 Å². The van der Waals surface area contributed by atoms with Gasteiger partial charge in [-0.1, -0.05) is 61.1 Å². The fourth-order valence-corrected chi connectivity index (χ4v) is 6.28. The molecular weight excluding hydrogens is 502 g/mol. The quantitative estimate of drug-likeness (QED) is 0.437. The molecule has 2 aliphatic rings. The second kappa shape index (κ2) is 10.4. The Bertz CT molecular complexity index is 1650. The zero-order chi connectivity index (χ0) is 27.0. The molecule has 1 atom stereocenters. The molecule has 0 bridgehead atoms. The number of fused-ring (bicyclic) bond motifs is 2. The van der Waals surface area contributed by atoms with Gasteiger partial charge in [0.2, 0.25) is 0 Å². The molecule has 196 valence electrons. The first-order chi connectivity index (χ1) is 18.5. The smallest absolute Gasteiger partial charge is 0.338 e. The molecule has 3 aromatic rings. The number of hydrogen-bond donors (Lipinski definition) is 0. The third kappa shape index (κ3) is 3.98. The van der Waals surface area contributed by atoms with E-state index in [1.165, 1.54) is 15.9 Å². The molecule has 0 radical (unpaired) electrons. The number of nitrogens with zero attached hydrogens (tertiary/aromatic N) is 3. The summed E-state index contributed by atoms with van der Waals surface area (Å²) in [6, 6.07) is 14.0. The maximum Gasteiger partial charge on any atom is 0.338 e. The second-order valence-electron chi connectivity index (χ2n) is 8.92. The zero-order valence-corrected chi connectivity index (χ0v) is 22.6. The monoisotopic (exact) mass is 531 g/mol. The number of para-hydroxylation sites is 2. The fraction of sp³-hybridized carbons (Fsp3) is 0.310. The number of likely N-dealkylation sites (N-methyl/N-ethyl adjacent to an activating group) is 1. The first-order valence-electron chi connectivity index (χ1n) is 12.7. The van der Waals surface area contributed by atoms with Crippen LogP contribution in [0, 0.1) is 0 Å². The lowest BCUT2D eigenvalue weighted by atomic mass is 9.93. The summed E-state index contributed by atoms with van der Waals surface area (Å²) in [6.45, 7) is 6.33. The summed E-state index contributed by atoms with van der Waals surface area (Å²) in [5.74, 6) is -0.200. The predicted molar refractivity (Wildman–Crippen MR) is 146 cm³/mol. The number of thiazole rings is 1. The SMILES string of the molecule is CCCC1=C(C(=O)OCC)[C@@H](c2ccccc2OC)n2c(s/c(=C3/C(=O)N(CC)c4ccccc43)c2=O)=N1. The van der Waals surface area contributed by atoms with Crippen molar-refractivity contribution >= 4 is 34.5 Å². The molecule has 9 heteroatoms. The van der Waals surface area contributed by atoms with Crippen LogP contribution >= 0.6 is 11.3 Å². The summed E-state index contributed by atoms with van der Waals surface area (Å²) in [5, 5.41) is 0. The minimum Gasteiger partial charge on any atom is -0.496 e. The first kappa shape index (κ1) is 25.7. The van der Waals surface area contributed by atoms with Crippen molar-refractivity contribution in [2.24, 2.45) is 4.99 Å². The van der Waals surface area contributed by atoms with Gasteiger partial charge in [0.15, 0.2) is 4.80 Å². The highest BCUT2D eigenvalue weighted by atomic mass is 32.1. The number of rotatable bonds is 7. The second-order valence-corrected chi connectivity index (χ2v) is 9.90. The molecule has 0 fully saturated rings. The van der Waals surface area contributed by atoms with Gasteiger partial charge in [-0.2, -0.15) is 0 Å². The van der Waals surface area contributed by atoms with Crippen LogP contribution in [0.15, 0.2) is 69.6 Å². The highest BCUT2D eigenvalue weighted by Crippen LogP contribution is 2.38. The van der Waals surface area contributed by atoms with Gasteiger partial charge in [0.25, 0.3) is 11.5 Å². The van der Waals surface area contributed by atoms with Crippen molar-refractivity contribution in [1.29, 1.82) is 0 Å². The Morgan fingerprint density at radius 2 is 1.79 bits per heavy atom. The summed E-state index contributed by atoms with van der Waals surface area (Å²) in [4.78, 5) is 48.1. The summed E-state index contributed by atoms with van der Waals surface area (Å²) in [7, 11) is 1.55. The van der Waals surface area contributed by atoms with Crippen LogP contribution in [0.4, 0.5) is 5.69 Å². The lowest BCUT2D eigenvalue weighted by molar-refractivity contribution is -0.139. The molecular formula is C29H29N3O5S. The van der Waals surface area contributed by atoms with Gasteiger partial charge in [-0.15, -0.1) is 0 Å². The molecule has 5 rings (SSSR count). The standard InChI is InChI=1S/C29H29N3O5S/c1-5-12-19-23(28(35)37-7-3)24(18-14-9-11-16-21(18)36-4)32-27(34)25(38-29(32)30-19)22-17-13-8-10-15-20(17)31(6-2)26(22)33/h8-11,13-16,24H,5-7,12H2,1-4H3/b25-22+/t24-/m1/s1.